The molecule has 3 aromatic rings. The molecule has 0 unspecified atom stereocenters. The molecule has 22 heavy (non-hydrogen) atoms. The molecule has 0 fully saturated rings. The largest absolute Gasteiger partial charge is 0.458 e. The Labute approximate surface area is 125 Å². The van der Waals surface area contributed by atoms with E-state index in [1.54, 1.807) is 30.3 Å². The molecular formula is C17H12FNO3. The predicted octanol–water partition coefficient (Wildman–Crippen LogP) is 3.98. The Hall–Kier alpha value is -2.95. The highest BCUT2D eigenvalue weighted by Crippen LogP contribution is 2.25. The van der Waals surface area contributed by atoms with E-state index in [1.807, 2.05) is 0 Å². The number of aromatic nitrogens is 1. The first-order chi connectivity index (χ1) is 10.7. The number of fused-ring (bicyclic) bond motifs is 1. The number of carbonyl (C=O) groups excluding carboxylic acids is 1. The Balaban J connectivity index is 1.94. The Morgan fingerprint density at radius 2 is 2.05 bits per heavy atom. The molecule has 2 aromatic carbocycles. The van der Waals surface area contributed by atoms with Gasteiger partial charge in [0.25, 0.3) is 0 Å². The number of carbonyl (C=O) groups is 1. The molecule has 0 spiro atoms. The maximum atomic E-state index is 12.9. The molecule has 0 saturated carbocycles. The lowest BCUT2D eigenvalue weighted by molar-refractivity contribution is 0.0550. The van der Waals surface area contributed by atoms with Crippen molar-refractivity contribution in [2.75, 3.05) is 6.61 Å². The van der Waals surface area contributed by atoms with E-state index in [9.17, 15) is 9.18 Å². The summed E-state index contributed by atoms with van der Waals surface area (Å²) in [6.07, 6.45) is 1.50. The van der Waals surface area contributed by atoms with Crippen LogP contribution >= 0.6 is 0 Å². The molecule has 0 N–H and O–H groups in total. The van der Waals surface area contributed by atoms with Crippen molar-refractivity contribution in [2.45, 2.75) is 0 Å². The van der Waals surface area contributed by atoms with Gasteiger partial charge in [-0.05, 0) is 42.5 Å². The fourth-order valence-electron chi connectivity index (χ4n) is 1.99. The second-order valence-electron chi connectivity index (χ2n) is 4.60. The standard InChI is InChI=1S/C17H12FNO3/c1-2-9-21-17(20)12-5-8-15-14(10-12)19-16(22-15)11-3-6-13(18)7-4-11/h2-8,10H,1,9H2. The normalized spacial score (nSPS) is 10.6. The van der Waals surface area contributed by atoms with Crippen LogP contribution in [0.1, 0.15) is 10.4 Å². The van der Waals surface area contributed by atoms with Crippen LogP contribution in [0.5, 0.6) is 0 Å². The van der Waals surface area contributed by atoms with E-state index in [4.69, 9.17) is 9.15 Å². The Morgan fingerprint density at radius 1 is 1.27 bits per heavy atom. The van der Waals surface area contributed by atoms with Gasteiger partial charge in [0.15, 0.2) is 5.58 Å². The molecule has 1 heterocycles. The van der Waals surface area contributed by atoms with E-state index in [2.05, 4.69) is 11.6 Å². The maximum Gasteiger partial charge on any atom is 0.338 e. The molecule has 0 atom stereocenters. The smallest absolute Gasteiger partial charge is 0.338 e. The van der Waals surface area contributed by atoms with Gasteiger partial charge in [-0.1, -0.05) is 12.7 Å². The molecule has 1 aromatic heterocycles. The van der Waals surface area contributed by atoms with E-state index >= 15 is 0 Å². The first-order valence-electron chi connectivity index (χ1n) is 6.62. The molecule has 0 amide bonds. The van der Waals surface area contributed by atoms with Crippen molar-refractivity contribution in [3.05, 3.63) is 66.5 Å². The second-order valence-corrected chi connectivity index (χ2v) is 4.60. The van der Waals surface area contributed by atoms with Crippen LogP contribution < -0.4 is 0 Å². The summed E-state index contributed by atoms with van der Waals surface area (Å²) >= 11 is 0. The minimum Gasteiger partial charge on any atom is -0.458 e. The summed E-state index contributed by atoms with van der Waals surface area (Å²) in [7, 11) is 0. The highest BCUT2D eigenvalue weighted by atomic mass is 19.1. The van der Waals surface area contributed by atoms with Crippen LogP contribution in [0.4, 0.5) is 4.39 Å². The van der Waals surface area contributed by atoms with Gasteiger partial charge in [0.1, 0.15) is 17.9 Å². The lowest BCUT2D eigenvalue weighted by Gasteiger charge is -2.00. The molecule has 5 heteroatoms. The van der Waals surface area contributed by atoms with Crippen molar-refractivity contribution >= 4 is 17.1 Å². The van der Waals surface area contributed by atoms with Crippen LogP contribution in [0.15, 0.2) is 59.5 Å². The number of ether oxygens (including phenoxy) is 1. The molecule has 0 radical (unpaired) electrons. The van der Waals surface area contributed by atoms with Crippen LogP contribution in [0.25, 0.3) is 22.6 Å². The number of hydrogen-bond donors (Lipinski definition) is 0. The van der Waals surface area contributed by atoms with Crippen LogP contribution in [0.2, 0.25) is 0 Å². The highest BCUT2D eigenvalue weighted by molar-refractivity contribution is 5.93. The van der Waals surface area contributed by atoms with Crippen LogP contribution in [0.3, 0.4) is 0 Å². The minimum atomic E-state index is -0.451. The van der Waals surface area contributed by atoms with Gasteiger partial charge < -0.3 is 9.15 Å². The first kappa shape index (κ1) is 14.0. The Kier molecular flexibility index (Phi) is 3.70. The molecule has 0 aliphatic rings. The van der Waals surface area contributed by atoms with Crippen molar-refractivity contribution in [3.8, 4) is 11.5 Å². The van der Waals surface area contributed by atoms with Gasteiger partial charge >= 0.3 is 5.97 Å². The monoisotopic (exact) mass is 297 g/mol. The zero-order valence-electron chi connectivity index (χ0n) is 11.6. The van der Waals surface area contributed by atoms with Crippen LogP contribution in [-0.4, -0.2) is 17.6 Å². The molecule has 110 valence electrons. The van der Waals surface area contributed by atoms with Crippen LogP contribution in [-0.2, 0) is 4.74 Å². The number of halogens is 1. The zero-order chi connectivity index (χ0) is 15.5. The molecule has 4 nitrogen and oxygen atoms in total. The summed E-state index contributed by atoms with van der Waals surface area (Å²) in [5.41, 5.74) is 2.12. The number of rotatable bonds is 4. The average Bonchev–Trinajstić information content (AvgIpc) is 2.96. The fourth-order valence-corrected chi connectivity index (χ4v) is 1.99. The van der Waals surface area contributed by atoms with Gasteiger partial charge in [-0.3, -0.25) is 0 Å². The summed E-state index contributed by atoms with van der Waals surface area (Å²) in [5.74, 6) is -0.410. The number of esters is 1. The van der Waals surface area contributed by atoms with Gasteiger partial charge in [-0.25, -0.2) is 14.2 Å². The highest BCUT2D eigenvalue weighted by Gasteiger charge is 2.12. The molecule has 0 aliphatic carbocycles. The fraction of sp³-hybridized carbons (Fsp3) is 0.0588. The lowest BCUT2D eigenvalue weighted by Crippen LogP contribution is -2.04. The molecule has 0 saturated heterocycles. The summed E-state index contributed by atoms with van der Waals surface area (Å²) < 4.78 is 23.5. The zero-order valence-corrected chi connectivity index (χ0v) is 11.6. The topological polar surface area (TPSA) is 52.3 Å². The van der Waals surface area contributed by atoms with Crippen molar-refractivity contribution in [1.82, 2.24) is 4.98 Å². The third kappa shape index (κ3) is 2.74. The van der Waals surface area contributed by atoms with Crippen molar-refractivity contribution in [1.29, 1.82) is 0 Å². The van der Waals surface area contributed by atoms with Gasteiger partial charge in [-0.15, -0.1) is 0 Å². The third-order valence-corrected chi connectivity index (χ3v) is 3.05. The number of benzene rings is 2. The van der Waals surface area contributed by atoms with Crippen molar-refractivity contribution in [3.63, 3.8) is 0 Å². The van der Waals surface area contributed by atoms with E-state index in [0.29, 0.717) is 28.1 Å². The summed E-state index contributed by atoms with van der Waals surface area (Å²) in [4.78, 5) is 16.1. The van der Waals surface area contributed by atoms with Crippen LogP contribution in [0, 0.1) is 5.82 Å². The molecule has 0 aliphatic heterocycles. The van der Waals surface area contributed by atoms with E-state index in [-0.39, 0.29) is 12.4 Å². The van der Waals surface area contributed by atoms with E-state index in [1.165, 1.54) is 18.2 Å². The average molecular weight is 297 g/mol. The minimum absolute atomic E-state index is 0.149. The molecular weight excluding hydrogens is 285 g/mol. The van der Waals surface area contributed by atoms with E-state index in [0.717, 1.165) is 0 Å². The lowest BCUT2D eigenvalue weighted by atomic mass is 10.2. The van der Waals surface area contributed by atoms with Crippen molar-refractivity contribution in [2.24, 2.45) is 0 Å². The Morgan fingerprint density at radius 3 is 2.77 bits per heavy atom. The van der Waals surface area contributed by atoms with Gasteiger partial charge in [0.05, 0.1) is 5.56 Å². The molecule has 0 bridgehead atoms. The first-order valence-corrected chi connectivity index (χ1v) is 6.62. The number of hydrogen-bond acceptors (Lipinski definition) is 4. The number of nitrogens with zero attached hydrogens (tertiary/aromatic N) is 1. The van der Waals surface area contributed by atoms with Gasteiger partial charge in [0, 0.05) is 5.56 Å². The van der Waals surface area contributed by atoms with Crippen molar-refractivity contribution < 1.29 is 18.3 Å². The predicted molar refractivity (Wildman–Crippen MR) is 79.9 cm³/mol. The second kappa shape index (κ2) is 5.81. The third-order valence-electron chi connectivity index (χ3n) is 3.05. The number of oxazole rings is 1. The van der Waals surface area contributed by atoms with Gasteiger partial charge in [0.2, 0.25) is 5.89 Å². The summed E-state index contributed by atoms with van der Waals surface area (Å²) in [5, 5.41) is 0. The summed E-state index contributed by atoms with van der Waals surface area (Å²) in [6, 6.07) is 10.7. The van der Waals surface area contributed by atoms with Gasteiger partial charge in [-0.2, -0.15) is 0 Å². The SMILES string of the molecule is C=CCOC(=O)c1ccc2oc(-c3ccc(F)cc3)nc2c1. The quantitative estimate of drug-likeness (QED) is 0.540. The Bertz CT molecular complexity index is 837. The summed E-state index contributed by atoms with van der Waals surface area (Å²) in [6.45, 7) is 3.64. The maximum absolute atomic E-state index is 12.9. The molecule has 3 rings (SSSR count). The van der Waals surface area contributed by atoms with E-state index < -0.39 is 5.97 Å².